The van der Waals surface area contributed by atoms with Gasteiger partial charge < -0.3 is 10.0 Å². The first-order valence-corrected chi connectivity index (χ1v) is 6.45. The molecule has 1 aliphatic rings. The maximum atomic E-state index is 12.4. The maximum absolute atomic E-state index is 12.4. The fraction of sp³-hybridized carbons (Fsp3) is 0.700. The number of carboxylic acid groups (broad SMARTS) is 1. The molecule has 0 spiro atoms. The Kier molecular flexibility index (Phi) is 3.41. The number of halogens is 3. The molecule has 106 valence electrons. The molecule has 0 aromatic carbocycles. The third-order valence-corrected chi connectivity index (χ3v) is 4.20. The smallest absolute Gasteiger partial charge is 0.452 e. The molecule has 0 bridgehead atoms. The molecule has 2 heterocycles. The summed E-state index contributed by atoms with van der Waals surface area (Å²) in [5.41, 5.74) is -0.899. The molecule has 5 nitrogen and oxygen atoms in total. The zero-order chi connectivity index (χ0) is 14.3. The minimum absolute atomic E-state index is 0.129. The number of nitrogens with zero attached hydrogens (tertiary/aromatic N) is 3. The molecule has 1 aromatic rings. The van der Waals surface area contributed by atoms with Crippen LogP contribution in [0.25, 0.3) is 0 Å². The number of anilines is 1. The highest BCUT2D eigenvalue weighted by atomic mass is 32.1. The van der Waals surface area contributed by atoms with Crippen molar-refractivity contribution < 1.29 is 23.1 Å². The van der Waals surface area contributed by atoms with Gasteiger partial charge in [0.05, 0.1) is 5.41 Å². The van der Waals surface area contributed by atoms with E-state index in [1.54, 1.807) is 11.8 Å². The van der Waals surface area contributed by atoms with Crippen molar-refractivity contribution in [2.75, 3.05) is 18.0 Å². The third-order valence-electron chi connectivity index (χ3n) is 3.42. The monoisotopic (exact) mass is 295 g/mol. The molecule has 0 amide bonds. The summed E-state index contributed by atoms with van der Waals surface area (Å²) in [6.07, 6.45) is -3.73. The van der Waals surface area contributed by atoms with Crippen molar-refractivity contribution in [3.8, 4) is 0 Å². The van der Waals surface area contributed by atoms with E-state index in [0.29, 0.717) is 30.9 Å². The van der Waals surface area contributed by atoms with Gasteiger partial charge in [0.25, 0.3) is 0 Å². The molecule has 1 aromatic heterocycles. The van der Waals surface area contributed by atoms with E-state index in [0.717, 1.165) is 0 Å². The number of alkyl halides is 3. The Balaban J connectivity index is 2.17. The van der Waals surface area contributed by atoms with Gasteiger partial charge in [-0.25, -0.2) is 0 Å². The summed E-state index contributed by atoms with van der Waals surface area (Å²) in [7, 11) is 0. The Bertz CT molecular complexity index is 491. The SMILES string of the molecule is CCC1(C(=O)O)CCN(c2nc(C(F)(F)F)ns2)C1. The molecule has 0 aliphatic carbocycles. The number of aromatic nitrogens is 2. The zero-order valence-electron chi connectivity index (χ0n) is 10.1. The molecule has 1 atom stereocenters. The van der Waals surface area contributed by atoms with Gasteiger partial charge in [0.2, 0.25) is 11.0 Å². The van der Waals surface area contributed by atoms with Gasteiger partial charge in [0.1, 0.15) is 0 Å². The normalized spacial score (nSPS) is 23.9. The highest BCUT2D eigenvalue weighted by Gasteiger charge is 2.45. The fourth-order valence-electron chi connectivity index (χ4n) is 2.11. The molecule has 1 aliphatic heterocycles. The van der Waals surface area contributed by atoms with Gasteiger partial charge in [-0.15, -0.1) is 0 Å². The van der Waals surface area contributed by atoms with E-state index in [1.807, 2.05) is 0 Å². The minimum atomic E-state index is -4.57. The summed E-state index contributed by atoms with van der Waals surface area (Å²) < 4.78 is 40.5. The summed E-state index contributed by atoms with van der Waals surface area (Å²) in [4.78, 5) is 16.3. The Morgan fingerprint density at radius 2 is 2.26 bits per heavy atom. The van der Waals surface area contributed by atoms with Crippen molar-refractivity contribution >= 4 is 22.6 Å². The maximum Gasteiger partial charge on any atom is 0.452 e. The van der Waals surface area contributed by atoms with Crippen LogP contribution in [-0.2, 0) is 11.0 Å². The van der Waals surface area contributed by atoms with Crippen molar-refractivity contribution in [3.63, 3.8) is 0 Å². The van der Waals surface area contributed by atoms with E-state index in [1.165, 1.54) is 0 Å². The summed E-state index contributed by atoms with van der Waals surface area (Å²) >= 11 is 0.649. The third kappa shape index (κ3) is 2.51. The van der Waals surface area contributed by atoms with Crippen molar-refractivity contribution in [3.05, 3.63) is 5.82 Å². The van der Waals surface area contributed by atoms with Crippen LogP contribution in [0.15, 0.2) is 0 Å². The Hall–Kier alpha value is -1.38. The largest absolute Gasteiger partial charge is 0.481 e. The minimum Gasteiger partial charge on any atom is -0.481 e. The van der Waals surface area contributed by atoms with Gasteiger partial charge in [-0.3, -0.25) is 4.79 Å². The molecular formula is C10H12F3N3O2S. The van der Waals surface area contributed by atoms with Crippen LogP contribution in [0.3, 0.4) is 0 Å². The van der Waals surface area contributed by atoms with E-state index < -0.39 is 23.4 Å². The number of hydrogen-bond donors (Lipinski definition) is 1. The van der Waals surface area contributed by atoms with Crippen molar-refractivity contribution in [2.45, 2.75) is 25.9 Å². The molecule has 1 N–H and O–H groups in total. The van der Waals surface area contributed by atoms with Crippen molar-refractivity contribution in [1.29, 1.82) is 0 Å². The van der Waals surface area contributed by atoms with Gasteiger partial charge in [-0.05, 0) is 12.8 Å². The molecule has 0 saturated carbocycles. The van der Waals surface area contributed by atoms with Crippen LogP contribution in [0.5, 0.6) is 0 Å². The quantitative estimate of drug-likeness (QED) is 0.926. The molecule has 0 radical (unpaired) electrons. The fourth-order valence-corrected chi connectivity index (χ4v) is 2.82. The van der Waals surface area contributed by atoms with E-state index in [2.05, 4.69) is 9.36 Å². The van der Waals surface area contributed by atoms with Gasteiger partial charge in [0, 0.05) is 24.6 Å². The number of hydrogen-bond acceptors (Lipinski definition) is 5. The van der Waals surface area contributed by atoms with Crippen molar-refractivity contribution in [1.82, 2.24) is 9.36 Å². The van der Waals surface area contributed by atoms with Crippen LogP contribution >= 0.6 is 11.5 Å². The van der Waals surface area contributed by atoms with E-state index >= 15 is 0 Å². The van der Waals surface area contributed by atoms with Gasteiger partial charge >= 0.3 is 12.1 Å². The van der Waals surface area contributed by atoms with E-state index in [9.17, 15) is 23.1 Å². The molecule has 1 saturated heterocycles. The Morgan fingerprint density at radius 1 is 1.58 bits per heavy atom. The summed E-state index contributed by atoms with van der Waals surface area (Å²) in [6.45, 7) is 2.32. The van der Waals surface area contributed by atoms with Gasteiger partial charge in [-0.1, -0.05) is 6.92 Å². The lowest BCUT2D eigenvalue weighted by molar-refractivity contribution is -0.148. The molecule has 19 heavy (non-hydrogen) atoms. The molecular weight excluding hydrogens is 283 g/mol. The first-order chi connectivity index (χ1) is 8.78. The molecule has 1 fully saturated rings. The highest BCUT2D eigenvalue weighted by Crippen LogP contribution is 2.38. The van der Waals surface area contributed by atoms with Crippen molar-refractivity contribution in [2.24, 2.45) is 5.41 Å². The lowest BCUT2D eigenvalue weighted by Gasteiger charge is -2.22. The Labute approximate surface area is 111 Å². The lowest BCUT2D eigenvalue weighted by atomic mass is 9.84. The summed E-state index contributed by atoms with van der Waals surface area (Å²) in [6, 6.07) is 0. The number of aliphatic carboxylic acids is 1. The number of carbonyl (C=O) groups is 1. The second kappa shape index (κ2) is 4.62. The Morgan fingerprint density at radius 3 is 2.68 bits per heavy atom. The van der Waals surface area contributed by atoms with Crippen LogP contribution in [0.1, 0.15) is 25.6 Å². The first kappa shape index (κ1) is 14.0. The molecule has 1 unspecified atom stereocenters. The predicted molar refractivity (Wildman–Crippen MR) is 62.1 cm³/mol. The standard InChI is InChI=1S/C10H12F3N3O2S/c1-2-9(7(17)18)3-4-16(5-9)8-14-6(15-19-8)10(11,12)13/h2-5H2,1H3,(H,17,18). The predicted octanol–water partition coefficient (Wildman–Crippen LogP) is 2.25. The van der Waals surface area contributed by atoms with Gasteiger partial charge in [-0.2, -0.15) is 22.5 Å². The molecule has 9 heteroatoms. The topological polar surface area (TPSA) is 66.3 Å². The van der Waals surface area contributed by atoms with Gasteiger partial charge in [0.15, 0.2) is 0 Å². The second-order valence-corrected chi connectivity index (χ2v) is 5.24. The average Bonchev–Trinajstić information content (AvgIpc) is 2.95. The summed E-state index contributed by atoms with van der Waals surface area (Å²) in [5.74, 6) is -2.09. The first-order valence-electron chi connectivity index (χ1n) is 5.68. The van der Waals surface area contributed by atoms with E-state index in [4.69, 9.17) is 0 Å². The van der Waals surface area contributed by atoms with Crippen LogP contribution in [0.2, 0.25) is 0 Å². The second-order valence-electron chi connectivity index (χ2n) is 4.51. The van der Waals surface area contributed by atoms with Crippen LogP contribution < -0.4 is 4.90 Å². The highest BCUT2D eigenvalue weighted by molar-refractivity contribution is 7.09. The van der Waals surface area contributed by atoms with Crippen LogP contribution in [0, 0.1) is 5.41 Å². The summed E-state index contributed by atoms with van der Waals surface area (Å²) in [5, 5.41) is 9.35. The van der Waals surface area contributed by atoms with Crippen LogP contribution in [-0.4, -0.2) is 33.5 Å². The number of carboxylic acids is 1. The van der Waals surface area contributed by atoms with Crippen LogP contribution in [0.4, 0.5) is 18.3 Å². The molecule has 2 rings (SSSR count). The van der Waals surface area contributed by atoms with E-state index in [-0.39, 0.29) is 11.7 Å². The number of rotatable bonds is 3. The zero-order valence-corrected chi connectivity index (χ0v) is 10.9. The average molecular weight is 295 g/mol. The lowest BCUT2D eigenvalue weighted by Crippen LogP contribution is -2.34.